The fourth-order valence-corrected chi connectivity index (χ4v) is 2.51. The predicted molar refractivity (Wildman–Crippen MR) is 76.2 cm³/mol. The van der Waals surface area contributed by atoms with Crippen molar-refractivity contribution in [3.63, 3.8) is 0 Å². The highest BCUT2D eigenvalue weighted by Crippen LogP contribution is 2.20. The van der Waals surface area contributed by atoms with Crippen LogP contribution in [0.3, 0.4) is 0 Å². The number of hydrogen-bond acceptors (Lipinski definition) is 5. The first kappa shape index (κ1) is 14.1. The van der Waals surface area contributed by atoms with Crippen LogP contribution in [0, 0.1) is 0 Å². The molecular formula is C11H14ClN5OS. The number of hydrogen-bond donors (Lipinski definition) is 1. The highest BCUT2D eigenvalue weighted by molar-refractivity contribution is 7.99. The molecule has 0 aliphatic heterocycles. The smallest absolute Gasteiger partial charge is 0.229 e. The molecule has 2 heterocycles. The van der Waals surface area contributed by atoms with E-state index in [9.17, 15) is 4.79 Å². The van der Waals surface area contributed by atoms with Gasteiger partial charge in [0.05, 0.1) is 23.1 Å². The Morgan fingerprint density at radius 1 is 1.53 bits per heavy atom. The molecule has 0 radical (unpaired) electrons. The van der Waals surface area contributed by atoms with Gasteiger partial charge in [0.25, 0.3) is 0 Å². The maximum absolute atomic E-state index is 11.3. The Bertz CT molecular complexity index is 600. The van der Waals surface area contributed by atoms with Gasteiger partial charge in [-0.25, -0.2) is 9.97 Å². The van der Waals surface area contributed by atoms with Crippen LogP contribution in [-0.4, -0.2) is 38.0 Å². The molecule has 1 N–H and O–H groups in total. The van der Waals surface area contributed by atoms with Crippen molar-refractivity contribution >= 4 is 40.3 Å². The summed E-state index contributed by atoms with van der Waals surface area (Å²) in [5.41, 5.74) is 0.702. The van der Waals surface area contributed by atoms with E-state index in [1.807, 2.05) is 6.92 Å². The van der Waals surface area contributed by atoms with Crippen molar-refractivity contribution in [1.82, 2.24) is 25.1 Å². The highest BCUT2D eigenvalue weighted by atomic mass is 35.5. The second-order valence-corrected chi connectivity index (χ2v) is 5.23. The van der Waals surface area contributed by atoms with Crippen LogP contribution >= 0.6 is 23.4 Å². The molecule has 0 fully saturated rings. The second kappa shape index (κ2) is 6.21. The molecule has 102 valence electrons. The molecule has 0 aromatic carbocycles. The number of amides is 1. The first-order valence-corrected chi connectivity index (χ1v) is 7.33. The van der Waals surface area contributed by atoms with Crippen LogP contribution in [0.2, 0.25) is 5.15 Å². The van der Waals surface area contributed by atoms with Crippen molar-refractivity contribution in [3.05, 3.63) is 17.2 Å². The van der Waals surface area contributed by atoms with Gasteiger partial charge < -0.3 is 5.32 Å². The van der Waals surface area contributed by atoms with Crippen LogP contribution in [0.15, 0.2) is 6.20 Å². The lowest BCUT2D eigenvalue weighted by Gasteiger charge is -2.03. The molecule has 2 aromatic heterocycles. The van der Waals surface area contributed by atoms with Gasteiger partial charge in [0.1, 0.15) is 11.0 Å². The van der Waals surface area contributed by atoms with Crippen LogP contribution in [-0.2, 0) is 17.6 Å². The fraction of sp³-hybridized carbons (Fsp3) is 0.455. The quantitative estimate of drug-likeness (QED) is 0.845. The van der Waals surface area contributed by atoms with E-state index in [4.69, 9.17) is 11.6 Å². The van der Waals surface area contributed by atoms with Gasteiger partial charge in [0, 0.05) is 13.6 Å². The first-order valence-electron chi connectivity index (χ1n) is 5.80. The van der Waals surface area contributed by atoms with E-state index in [0.717, 1.165) is 5.39 Å². The number of fused-ring (bicyclic) bond motifs is 1. The van der Waals surface area contributed by atoms with E-state index in [1.165, 1.54) is 11.8 Å². The Balaban J connectivity index is 2.05. The summed E-state index contributed by atoms with van der Waals surface area (Å²) in [6.07, 6.45) is 1.64. The van der Waals surface area contributed by atoms with E-state index >= 15 is 0 Å². The summed E-state index contributed by atoms with van der Waals surface area (Å²) in [5.74, 6) is 1.55. The minimum absolute atomic E-state index is 0.0141. The number of carbonyl (C=O) groups is 1. The molecule has 1 amide bonds. The van der Waals surface area contributed by atoms with Gasteiger partial charge in [-0.15, -0.1) is 11.8 Å². The summed E-state index contributed by atoms with van der Waals surface area (Å²) < 4.78 is 1.65. The highest BCUT2D eigenvalue weighted by Gasteiger charge is 2.10. The third kappa shape index (κ3) is 3.36. The third-order valence-corrected chi connectivity index (χ3v) is 3.65. The summed E-state index contributed by atoms with van der Waals surface area (Å²) in [6.45, 7) is 2.53. The Morgan fingerprint density at radius 2 is 2.32 bits per heavy atom. The van der Waals surface area contributed by atoms with E-state index in [2.05, 4.69) is 20.4 Å². The van der Waals surface area contributed by atoms with Gasteiger partial charge in [0.15, 0.2) is 5.65 Å². The average molecular weight is 300 g/mol. The standard InChI is InChI=1S/C11H14ClN5OS/c1-3-13-9(18)6-19-5-8-15-10(12)7-4-14-17(2)11(7)16-8/h4H,3,5-6H2,1-2H3,(H,13,18). The lowest BCUT2D eigenvalue weighted by atomic mass is 10.4. The average Bonchev–Trinajstić information content (AvgIpc) is 2.72. The Morgan fingerprint density at radius 3 is 3.05 bits per heavy atom. The first-order chi connectivity index (χ1) is 9.11. The van der Waals surface area contributed by atoms with E-state index in [0.29, 0.717) is 34.7 Å². The van der Waals surface area contributed by atoms with Crippen molar-refractivity contribution in [2.45, 2.75) is 12.7 Å². The monoisotopic (exact) mass is 299 g/mol. The van der Waals surface area contributed by atoms with Crippen molar-refractivity contribution in [2.24, 2.45) is 7.05 Å². The van der Waals surface area contributed by atoms with E-state index in [1.54, 1.807) is 17.9 Å². The molecule has 8 heteroatoms. The number of rotatable bonds is 5. The minimum Gasteiger partial charge on any atom is -0.356 e. The molecule has 0 saturated carbocycles. The maximum atomic E-state index is 11.3. The number of aryl methyl sites for hydroxylation is 1. The van der Waals surface area contributed by atoms with Crippen molar-refractivity contribution in [2.75, 3.05) is 12.3 Å². The van der Waals surface area contributed by atoms with Gasteiger partial charge in [0.2, 0.25) is 5.91 Å². The lowest BCUT2D eigenvalue weighted by molar-refractivity contribution is -0.118. The molecule has 2 rings (SSSR count). The number of nitrogens with one attached hydrogen (secondary N) is 1. The molecule has 0 atom stereocenters. The third-order valence-electron chi connectivity index (χ3n) is 2.43. The normalized spacial score (nSPS) is 10.9. The SMILES string of the molecule is CCNC(=O)CSCc1nc(Cl)c2cnn(C)c2n1. The molecule has 6 nitrogen and oxygen atoms in total. The zero-order valence-electron chi connectivity index (χ0n) is 10.7. The van der Waals surface area contributed by atoms with Crippen LogP contribution in [0.5, 0.6) is 0 Å². The van der Waals surface area contributed by atoms with Crippen LogP contribution in [0.4, 0.5) is 0 Å². The number of aromatic nitrogens is 4. The largest absolute Gasteiger partial charge is 0.356 e. The summed E-state index contributed by atoms with van der Waals surface area (Å²) in [4.78, 5) is 19.9. The molecule has 0 spiro atoms. The predicted octanol–water partition coefficient (Wildman–Crippen LogP) is 1.39. The molecule has 0 aliphatic carbocycles. The molecule has 0 bridgehead atoms. The number of halogens is 1. The number of carbonyl (C=O) groups excluding carboxylic acids is 1. The summed E-state index contributed by atoms with van der Waals surface area (Å²) in [5, 5.41) is 7.96. The molecule has 0 saturated heterocycles. The fourth-order valence-electron chi connectivity index (χ4n) is 1.58. The zero-order valence-corrected chi connectivity index (χ0v) is 12.3. The van der Waals surface area contributed by atoms with Crippen LogP contribution in [0.25, 0.3) is 11.0 Å². The lowest BCUT2D eigenvalue weighted by Crippen LogP contribution is -2.24. The van der Waals surface area contributed by atoms with Gasteiger partial charge in [-0.1, -0.05) is 11.6 Å². The van der Waals surface area contributed by atoms with Crippen molar-refractivity contribution in [3.8, 4) is 0 Å². The van der Waals surface area contributed by atoms with Crippen LogP contribution in [0.1, 0.15) is 12.7 Å². The van der Waals surface area contributed by atoms with Gasteiger partial charge in [-0.2, -0.15) is 5.10 Å². The van der Waals surface area contributed by atoms with Gasteiger partial charge in [-0.05, 0) is 6.92 Å². The Hall–Kier alpha value is -1.34. The second-order valence-electron chi connectivity index (χ2n) is 3.88. The van der Waals surface area contributed by atoms with Gasteiger partial charge in [-0.3, -0.25) is 9.48 Å². The molecule has 19 heavy (non-hydrogen) atoms. The van der Waals surface area contributed by atoms with E-state index in [-0.39, 0.29) is 5.91 Å². The summed E-state index contributed by atoms with van der Waals surface area (Å²) >= 11 is 7.53. The van der Waals surface area contributed by atoms with Crippen molar-refractivity contribution < 1.29 is 4.79 Å². The van der Waals surface area contributed by atoms with E-state index < -0.39 is 0 Å². The Labute approximate surface area is 119 Å². The zero-order chi connectivity index (χ0) is 13.8. The topological polar surface area (TPSA) is 72.7 Å². The minimum atomic E-state index is 0.0141. The maximum Gasteiger partial charge on any atom is 0.229 e. The van der Waals surface area contributed by atoms with Crippen LogP contribution < -0.4 is 5.32 Å². The molecule has 2 aromatic rings. The molecular weight excluding hydrogens is 286 g/mol. The van der Waals surface area contributed by atoms with Crippen molar-refractivity contribution in [1.29, 1.82) is 0 Å². The Kier molecular flexibility index (Phi) is 4.60. The summed E-state index contributed by atoms with van der Waals surface area (Å²) in [6, 6.07) is 0. The molecule has 0 aliphatic rings. The number of thioether (sulfide) groups is 1. The number of nitrogens with zero attached hydrogens (tertiary/aromatic N) is 4. The summed E-state index contributed by atoms with van der Waals surface area (Å²) in [7, 11) is 1.80. The van der Waals surface area contributed by atoms with Gasteiger partial charge >= 0.3 is 0 Å². The molecule has 0 unspecified atom stereocenters.